The van der Waals surface area contributed by atoms with Gasteiger partial charge in [0.15, 0.2) is 5.16 Å². The van der Waals surface area contributed by atoms with Gasteiger partial charge in [-0.25, -0.2) is 14.2 Å². The van der Waals surface area contributed by atoms with Crippen molar-refractivity contribution in [1.82, 2.24) is 9.55 Å². The van der Waals surface area contributed by atoms with Gasteiger partial charge in [0, 0.05) is 10.8 Å². The molecule has 0 saturated carbocycles. The van der Waals surface area contributed by atoms with E-state index < -0.39 is 0 Å². The zero-order chi connectivity index (χ0) is 21.8. The van der Waals surface area contributed by atoms with Gasteiger partial charge in [0.1, 0.15) is 5.82 Å². The quantitative estimate of drug-likeness (QED) is 0.241. The van der Waals surface area contributed by atoms with Crippen LogP contribution >= 0.6 is 23.4 Å². The third-order valence-electron chi connectivity index (χ3n) is 4.77. The maximum atomic E-state index is 14.2. The van der Waals surface area contributed by atoms with Gasteiger partial charge in [0.25, 0.3) is 0 Å². The third-order valence-corrected chi connectivity index (χ3v) is 6.03. The van der Waals surface area contributed by atoms with E-state index in [1.54, 1.807) is 25.1 Å². The van der Waals surface area contributed by atoms with Gasteiger partial charge < -0.3 is 9.30 Å². The van der Waals surface area contributed by atoms with Crippen LogP contribution in [0, 0.1) is 5.82 Å². The number of aromatic nitrogens is 2. The maximum Gasteiger partial charge on any atom is 0.338 e. The predicted octanol–water partition coefficient (Wildman–Crippen LogP) is 6.35. The minimum Gasteiger partial charge on any atom is -0.462 e. The second kappa shape index (κ2) is 9.54. The number of fused-ring (bicyclic) bond motifs is 1. The number of halogens is 2. The van der Waals surface area contributed by atoms with Crippen molar-refractivity contribution in [3.05, 3.63) is 94.3 Å². The zero-order valence-corrected chi connectivity index (χ0v) is 18.4. The summed E-state index contributed by atoms with van der Waals surface area (Å²) in [7, 11) is 0. The molecule has 0 aliphatic carbocycles. The second-order valence-corrected chi connectivity index (χ2v) is 8.29. The molecule has 4 rings (SSSR count). The van der Waals surface area contributed by atoms with Crippen molar-refractivity contribution in [3.63, 3.8) is 0 Å². The summed E-state index contributed by atoms with van der Waals surface area (Å²) in [6.07, 6.45) is 0. The van der Waals surface area contributed by atoms with Crippen LogP contribution in [0.1, 0.15) is 28.4 Å². The van der Waals surface area contributed by atoms with E-state index in [0.29, 0.717) is 40.6 Å². The molecule has 0 unspecified atom stereocenters. The van der Waals surface area contributed by atoms with Gasteiger partial charge >= 0.3 is 5.97 Å². The van der Waals surface area contributed by atoms with Crippen molar-refractivity contribution in [3.8, 4) is 0 Å². The molecule has 0 aliphatic heterocycles. The van der Waals surface area contributed by atoms with Gasteiger partial charge in [-0.3, -0.25) is 0 Å². The molecule has 1 aromatic heterocycles. The Bertz CT molecular complexity index is 1230. The molecule has 0 fully saturated rings. The maximum absolute atomic E-state index is 14.2. The van der Waals surface area contributed by atoms with E-state index in [1.165, 1.54) is 23.9 Å². The average molecular weight is 455 g/mol. The molecule has 0 amide bonds. The van der Waals surface area contributed by atoms with Crippen molar-refractivity contribution in [1.29, 1.82) is 0 Å². The van der Waals surface area contributed by atoms with Gasteiger partial charge in [0.05, 0.1) is 29.7 Å². The van der Waals surface area contributed by atoms with Gasteiger partial charge in [0.2, 0.25) is 0 Å². The molecule has 4 aromatic rings. The molecule has 4 nitrogen and oxygen atoms in total. The largest absolute Gasteiger partial charge is 0.462 e. The number of carbonyl (C=O) groups is 1. The van der Waals surface area contributed by atoms with Crippen LogP contribution in [0.5, 0.6) is 0 Å². The SMILES string of the molecule is CCOC(=O)c1ccc2c(c1)nc(SCc1cc(Cl)ccc1F)n2Cc1ccccc1. The number of carbonyl (C=O) groups excluding carboxylic acids is 1. The third kappa shape index (κ3) is 4.92. The minimum absolute atomic E-state index is 0.299. The van der Waals surface area contributed by atoms with Gasteiger partial charge in [-0.1, -0.05) is 53.7 Å². The van der Waals surface area contributed by atoms with E-state index in [9.17, 15) is 9.18 Å². The van der Waals surface area contributed by atoms with E-state index in [0.717, 1.165) is 16.2 Å². The second-order valence-electron chi connectivity index (χ2n) is 6.91. The van der Waals surface area contributed by atoms with E-state index in [2.05, 4.69) is 4.57 Å². The lowest BCUT2D eigenvalue weighted by Gasteiger charge is -2.10. The molecule has 0 radical (unpaired) electrons. The number of benzene rings is 3. The number of hydrogen-bond acceptors (Lipinski definition) is 4. The van der Waals surface area contributed by atoms with Crippen LogP contribution in [-0.4, -0.2) is 22.1 Å². The molecule has 1 heterocycles. The molecule has 0 saturated heterocycles. The van der Waals surface area contributed by atoms with Crippen LogP contribution in [0.15, 0.2) is 71.9 Å². The zero-order valence-electron chi connectivity index (χ0n) is 16.8. The molecule has 0 N–H and O–H groups in total. The topological polar surface area (TPSA) is 44.1 Å². The number of ether oxygens (including phenoxy) is 1. The Kier molecular flexibility index (Phi) is 6.59. The highest BCUT2D eigenvalue weighted by molar-refractivity contribution is 7.98. The minimum atomic E-state index is -0.378. The number of esters is 1. The molecule has 0 bridgehead atoms. The Morgan fingerprint density at radius 1 is 1.13 bits per heavy atom. The number of thioether (sulfide) groups is 1. The van der Waals surface area contributed by atoms with Crippen LogP contribution in [-0.2, 0) is 17.0 Å². The average Bonchev–Trinajstić information content (AvgIpc) is 3.11. The summed E-state index contributed by atoms with van der Waals surface area (Å²) in [6, 6.07) is 19.9. The van der Waals surface area contributed by atoms with Gasteiger partial charge in [-0.05, 0) is 54.4 Å². The number of rotatable bonds is 7. The summed E-state index contributed by atoms with van der Waals surface area (Å²) in [5, 5.41) is 1.23. The lowest BCUT2D eigenvalue weighted by atomic mass is 10.2. The first-order valence-corrected chi connectivity index (χ1v) is 11.2. The van der Waals surface area contributed by atoms with Crippen LogP contribution < -0.4 is 0 Å². The number of imidazole rings is 1. The molecular weight excluding hydrogens is 435 g/mol. The predicted molar refractivity (Wildman–Crippen MR) is 122 cm³/mol. The highest BCUT2D eigenvalue weighted by atomic mass is 35.5. The van der Waals surface area contributed by atoms with Crippen molar-refractivity contribution in [2.45, 2.75) is 24.4 Å². The fourth-order valence-corrected chi connectivity index (χ4v) is 4.46. The Morgan fingerprint density at radius 2 is 1.94 bits per heavy atom. The molecule has 0 aliphatic rings. The first-order valence-electron chi connectivity index (χ1n) is 9.83. The lowest BCUT2D eigenvalue weighted by Crippen LogP contribution is -2.05. The first-order chi connectivity index (χ1) is 15.0. The monoisotopic (exact) mass is 454 g/mol. The Balaban J connectivity index is 1.71. The Morgan fingerprint density at radius 3 is 2.71 bits per heavy atom. The highest BCUT2D eigenvalue weighted by Crippen LogP contribution is 2.30. The summed E-state index contributed by atoms with van der Waals surface area (Å²) in [6.45, 7) is 2.69. The molecule has 158 valence electrons. The van der Waals surface area contributed by atoms with Crippen LogP contribution in [0.3, 0.4) is 0 Å². The normalized spacial score (nSPS) is 11.1. The van der Waals surface area contributed by atoms with Crippen molar-refractivity contribution < 1.29 is 13.9 Å². The van der Waals surface area contributed by atoms with Crippen LogP contribution in [0.2, 0.25) is 5.02 Å². The van der Waals surface area contributed by atoms with Gasteiger partial charge in [-0.15, -0.1) is 0 Å². The Labute approximate surface area is 189 Å². The molecule has 0 atom stereocenters. The van der Waals surface area contributed by atoms with Crippen LogP contribution in [0.25, 0.3) is 11.0 Å². The number of nitrogens with zero attached hydrogens (tertiary/aromatic N) is 2. The molecule has 31 heavy (non-hydrogen) atoms. The summed E-state index contributed by atoms with van der Waals surface area (Å²) < 4.78 is 21.4. The summed E-state index contributed by atoms with van der Waals surface area (Å²) in [5.74, 6) is -0.292. The first kappa shape index (κ1) is 21.4. The molecule has 0 spiro atoms. The van der Waals surface area contributed by atoms with Crippen LogP contribution in [0.4, 0.5) is 4.39 Å². The van der Waals surface area contributed by atoms with E-state index in [4.69, 9.17) is 21.3 Å². The molecule has 3 aromatic carbocycles. The van der Waals surface area contributed by atoms with Gasteiger partial charge in [-0.2, -0.15) is 0 Å². The van der Waals surface area contributed by atoms with E-state index in [-0.39, 0.29) is 11.8 Å². The molecular formula is C24H20ClFN2O2S. The van der Waals surface area contributed by atoms with Crippen molar-refractivity contribution in [2.24, 2.45) is 0 Å². The summed E-state index contributed by atoms with van der Waals surface area (Å²) in [5.41, 5.74) is 3.67. The van der Waals surface area contributed by atoms with E-state index >= 15 is 0 Å². The Hall–Kier alpha value is -2.83. The standard InChI is InChI=1S/C24H20ClFN2O2S/c1-2-30-23(29)17-8-11-22-21(13-17)27-24(28(22)14-16-6-4-3-5-7-16)31-15-18-12-19(25)9-10-20(18)26/h3-13H,2,14-15H2,1H3. The van der Waals surface area contributed by atoms with Crippen molar-refractivity contribution in [2.75, 3.05) is 6.61 Å². The molecule has 7 heteroatoms. The summed E-state index contributed by atoms with van der Waals surface area (Å²) in [4.78, 5) is 16.9. The highest BCUT2D eigenvalue weighted by Gasteiger charge is 2.16. The smallest absolute Gasteiger partial charge is 0.338 e. The van der Waals surface area contributed by atoms with Crippen molar-refractivity contribution >= 4 is 40.4 Å². The van der Waals surface area contributed by atoms with E-state index in [1.807, 2.05) is 36.4 Å². The fourth-order valence-electron chi connectivity index (χ4n) is 3.27. The summed E-state index contributed by atoms with van der Waals surface area (Å²) >= 11 is 7.46. The number of hydrogen-bond donors (Lipinski definition) is 0. The fraction of sp³-hybridized carbons (Fsp3) is 0.167. The lowest BCUT2D eigenvalue weighted by molar-refractivity contribution is 0.0526.